The Morgan fingerprint density at radius 3 is 2.65 bits per heavy atom. The van der Waals surface area contributed by atoms with Gasteiger partial charge in [-0.15, -0.1) is 0 Å². The van der Waals surface area contributed by atoms with E-state index in [1.54, 1.807) is 7.11 Å². The van der Waals surface area contributed by atoms with Gasteiger partial charge < -0.3 is 20.5 Å². The van der Waals surface area contributed by atoms with Crippen molar-refractivity contribution in [1.29, 1.82) is 0 Å². The molecule has 3 N–H and O–H groups in total. The van der Waals surface area contributed by atoms with Gasteiger partial charge in [0.15, 0.2) is 5.96 Å². The summed E-state index contributed by atoms with van der Waals surface area (Å²) in [5, 5.41) is 3.09. The minimum absolute atomic E-state index is 0.499. The van der Waals surface area contributed by atoms with Crippen LogP contribution in [0.1, 0.15) is 25.3 Å². The van der Waals surface area contributed by atoms with Gasteiger partial charge in [0.05, 0.1) is 13.2 Å². The van der Waals surface area contributed by atoms with Gasteiger partial charge in [0.25, 0.3) is 0 Å². The van der Waals surface area contributed by atoms with Crippen molar-refractivity contribution < 1.29 is 9.47 Å². The van der Waals surface area contributed by atoms with Gasteiger partial charge in [0.1, 0.15) is 12.4 Å². The largest absolute Gasteiger partial charge is 0.491 e. The summed E-state index contributed by atoms with van der Waals surface area (Å²) in [6.07, 6.45) is 2.24. The van der Waals surface area contributed by atoms with Crippen LogP contribution in [0.15, 0.2) is 29.3 Å². The number of aliphatic imine (C=N–C) groups is 1. The standard InChI is InChI=1S/C15H25N3O2/c1-3-4-9-17-15(16)18-12-13-5-7-14(8-6-13)20-11-10-19-2/h5-8H,3-4,9-12H2,1-2H3,(H3,16,17,18). The van der Waals surface area contributed by atoms with E-state index in [0.717, 1.165) is 30.7 Å². The molecule has 0 fully saturated rings. The highest BCUT2D eigenvalue weighted by molar-refractivity contribution is 5.77. The first-order valence-corrected chi connectivity index (χ1v) is 7.00. The summed E-state index contributed by atoms with van der Waals surface area (Å²) in [6.45, 7) is 4.74. The monoisotopic (exact) mass is 279 g/mol. The molecule has 0 amide bonds. The zero-order valence-corrected chi connectivity index (χ0v) is 12.4. The summed E-state index contributed by atoms with van der Waals surface area (Å²) in [7, 11) is 1.66. The molecular weight excluding hydrogens is 254 g/mol. The number of hydrogen-bond acceptors (Lipinski definition) is 3. The zero-order chi connectivity index (χ0) is 14.6. The van der Waals surface area contributed by atoms with E-state index >= 15 is 0 Å². The molecule has 0 radical (unpaired) electrons. The van der Waals surface area contributed by atoms with Crippen molar-refractivity contribution in [2.75, 3.05) is 26.9 Å². The number of nitrogens with zero attached hydrogens (tertiary/aromatic N) is 1. The smallest absolute Gasteiger partial charge is 0.188 e. The minimum atomic E-state index is 0.499. The van der Waals surface area contributed by atoms with Crippen molar-refractivity contribution in [2.24, 2.45) is 10.7 Å². The van der Waals surface area contributed by atoms with Gasteiger partial charge in [-0.2, -0.15) is 0 Å². The van der Waals surface area contributed by atoms with E-state index < -0.39 is 0 Å². The van der Waals surface area contributed by atoms with E-state index in [1.807, 2.05) is 24.3 Å². The summed E-state index contributed by atoms with van der Waals surface area (Å²) >= 11 is 0. The van der Waals surface area contributed by atoms with Crippen LogP contribution < -0.4 is 15.8 Å². The Labute approximate surface area is 121 Å². The SMILES string of the molecule is CCCCNC(N)=NCc1ccc(OCCOC)cc1. The van der Waals surface area contributed by atoms with Crippen LogP contribution in [0.3, 0.4) is 0 Å². The fourth-order valence-electron chi connectivity index (χ4n) is 1.56. The van der Waals surface area contributed by atoms with Crippen LogP contribution in [0.5, 0.6) is 5.75 Å². The van der Waals surface area contributed by atoms with Gasteiger partial charge in [-0.1, -0.05) is 25.5 Å². The average molecular weight is 279 g/mol. The number of nitrogens with two attached hydrogens (primary N) is 1. The van der Waals surface area contributed by atoms with E-state index in [-0.39, 0.29) is 0 Å². The van der Waals surface area contributed by atoms with Gasteiger partial charge >= 0.3 is 0 Å². The van der Waals surface area contributed by atoms with E-state index in [0.29, 0.717) is 25.7 Å². The molecule has 0 saturated carbocycles. The lowest BCUT2D eigenvalue weighted by Crippen LogP contribution is -2.32. The molecule has 112 valence electrons. The Kier molecular flexibility index (Phi) is 8.22. The zero-order valence-electron chi connectivity index (χ0n) is 12.4. The predicted molar refractivity (Wildman–Crippen MR) is 82.1 cm³/mol. The second-order valence-corrected chi connectivity index (χ2v) is 4.47. The predicted octanol–water partition coefficient (Wildman–Crippen LogP) is 1.92. The summed E-state index contributed by atoms with van der Waals surface area (Å²) in [6, 6.07) is 7.85. The fourth-order valence-corrected chi connectivity index (χ4v) is 1.56. The van der Waals surface area contributed by atoms with Crippen LogP contribution in [0.2, 0.25) is 0 Å². The molecule has 1 rings (SSSR count). The lowest BCUT2D eigenvalue weighted by Gasteiger charge is -2.06. The molecule has 0 aliphatic heterocycles. The second kappa shape index (κ2) is 10.1. The molecule has 0 aromatic heterocycles. The van der Waals surface area contributed by atoms with Crippen molar-refractivity contribution in [3.8, 4) is 5.75 Å². The summed E-state index contributed by atoms with van der Waals surface area (Å²) in [5.41, 5.74) is 6.87. The molecule has 5 nitrogen and oxygen atoms in total. The average Bonchev–Trinajstić information content (AvgIpc) is 2.47. The summed E-state index contributed by atoms with van der Waals surface area (Å²) < 4.78 is 10.4. The number of nitrogens with one attached hydrogen (secondary N) is 1. The maximum absolute atomic E-state index is 5.77. The Morgan fingerprint density at radius 1 is 1.25 bits per heavy atom. The van der Waals surface area contributed by atoms with Crippen LogP contribution in [-0.4, -0.2) is 32.8 Å². The fraction of sp³-hybridized carbons (Fsp3) is 0.533. The first-order chi connectivity index (χ1) is 9.76. The van der Waals surface area contributed by atoms with Crippen LogP contribution in [0, 0.1) is 0 Å². The number of rotatable bonds is 9. The molecule has 1 aromatic carbocycles. The molecule has 20 heavy (non-hydrogen) atoms. The van der Waals surface area contributed by atoms with Crippen LogP contribution in [0.25, 0.3) is 0 Å². The Morgan fingerprint density at radius 2 is 2.00 bits per heavy atom. The molecular formula is C15H25N3O2. The molecule has 1 aromatic rings. The number of hydrogen-bond donors (Lipinski definition) is 2. The highest BCUT2D eigenvalue weighted by atomic mass is 16.5. The topological polar surface area (TPSA) is 68.9 Å². The lowest BCUT2D eigenvalue weighted by atomic mass is 10.2. The maximum Gasteiger partial charge on any atom is 0.188 e. The van der Waals surface area contributed by atoms with Crippen LogP contribution >= 0.6 is 0 Å². The third kappa shape index (κ3) is 6.99. The highest BCUT2D eigenvalue weighted by Gasteiger charge is 1.96. The first-order valence-electron chi connectivity index (χ1n) is 7.00. The third-order valence-electron chi connectivity index (χ3n) is 2.75. The van der Waals surface area contributed by atoms with Crippen LogP contribution in [0.4, 0.5) is 0 Å². The van der Waals surface area contributed by atoms with E-state index in [1.165, 1.54) is 0 Å². The van der Waals surface area contributed by atoms with Gasteiger partial charge in [-0.25, -0.2) is 4.99 Å². The molecule has 0 heterocycles. The van der Waals surface area contributed by atoms with Gasteiger partial charge in [-0.05, 0) is 24.1 Å². The van der Waals surface area contributed by atoms with Crippen molar-refractivity contribution in [1.82, 2.24) is 5.32 Å². The molecule has 0 saturated heterocycles. The molecule has 5 heteroatoms. The number of unbranched alkanes of at least 4 members (excludes halogenated alkanes) is 1. The second-order valence-electron chi connectivity index (χ2n) is 4.47. The van der Waals surface area contributed by atoms with Crippen molar-refractivity contribution in [2.45, 2.75) is 26.3 Å². The van der Waals surface area contributed by atoms with E-state index in [2.05, 4.69) is 17.2 Å². The highest BCUT2D eigenvalue weighted by Crippen LogP contribution is 2.12. The van der Waals surface area contributed by atoms with Gasteiger partial charge in [0, 0.05) is 13.7 Å². The summed E-state index contributed by atoms with van der Waals surface area (Å²) in [4.78, 5) is 4.29. The number of guanidine groups is 1. The minimum Gasteiger partial charge on any atom is -0.491 e. The van der Waals surface area contributed by atoms with Crippen molar-refractivity contribution in [3.05, 3.63) is 29.8 Å². The number of benzene rings is 1. The van der Waals surface area contributed by atoms with Crippen molar-refractivity contribution in [3.63, 3.8) is 0 Å². The Balaban J connectivity index is 2.35. The van der Waals surface area contributed by atoms with Crippen molar-refractivity contribution >= 4 is 5.96 Å². The Hall–Kier alpha value is -1.75. The molecule has 0 spiro atoms. The van der Waals surface area contributed by atoms with E-state index in [4.69, 9.17) is 15.2 Å². The van der Waals surface area contributed by atoms with Gasteiger partial charge in [-0.3, -0.25) is 0 Å². The summed E-state index contributed by atoms with van der Waals surface area (Å²) in [5.74, 6) is 1.34. The molecule has 0 aliphatic rings. The normalized spacial score (nSPS) is 11.4. The van der Waals surface area contributed by atoms with E-state index in [9.17, 15) is 0 Å². The maximum atomic E-state index is 5.77. The molecule has 0 aliphatic carbocycles. The molecule has 0 bridgehead atoms. The lowest BCUT2D eigenvalue weighted by molar-refractivity contribution is 0.146. The Bertz CT molecular complexity index is 391. The quantitative estimate of drug-likeness (QED) is 0.411. The third-order valence-corrected chi connectivity index (χ3v) is 2.75. The first kappa shape index (κ1) is 16.3. The van der Waals surface area contributed by atoms with Gasteiger partial charge in [0.2, 0.25) is 0 Å². The molecule has 0 atom stereocenters. The number of methoxy groups -OCH3 is 1. The molecule has 0 unspecified atom stereocenters. The number of ether oxygens (including phenoxy) is 2. The van der Waals surface area contributed by atoms with Crippen LogP contribution in [-0.2, 0) is 11.3 Å².